The van der Waals surface area contributed by atoms with Gasteiger partial charge in [0.1, 0.15) is 0 Å². The molecular weight excluding hydrogens is 207 g/mol. The van der Waals surface area contributed by atoms with Gasteiger partial charge in [0.15, 0.2) is 0 Å². The van der Waals surface area contributed by atoms with Crippen LogP contribution in [0.25, 0.3) is 0 Å². The Morgan fingerprint density at radius 2 is 2.31 bits per heavy atom. The maximum absolute atomic E-state index is 12.8. The van der Waals surface area contributed by atoms with Gasteiger partial charge in [-0.05, 0) is 13.0 Å². The van der Waals surface area contributed by atoms with Crippen LogP contribution in [-0.2, 0) is 13.6 Å². The normalized spacial score (nSPS) is 10.4. The lowest BCUT2D eigenvalue weighted by atomic mass is 10.2. The molecule has 0 spiro atoms. The highest BCUT2D eigenvalue weighted by molar-refractivity contribution is 5.42. The number of aromatic nitrogens is 3. The van der Waals surface area contributed by atoms with Crippen LogP contribution in [-0.4, -0.2) is 14.8 Å². The third-order valence-electron chi connectivity index (χ3n) is 2.55. The van der Waals surface area contributed by atoms with Gasteiger partial charge in [0, 0.05) is 42.8 Å². The smallest absolute Gasteiger partial charge is 0.214 e. The predicted octanol–water partition coefficient (Wildman–Crippen LogP) is 1.87. The molecule has 4 nitrogen and oxygen atoms in total. The van der Waals surface area contributed by atoms with Crippen LogP contribution in [0.1, 0.15) is 11.3 Å². The molecule has 0 bridgehead atoms. The van der Waals surface area contributed by atoms with Crippen molar-refractivity contribution < 1.29 is 4.39 Å². The van der Waals surface area contributed by atoms with E-state index in [9.17, 15) is 4.39 Å². The highest BCUT2D eigenvalue weighted by Crippen LogP contribution is 2.11. The first-order valence-corrected chi connectivity index (χ1v) is 4.99. The standard InChI is InChI=1S/C11H13FN4/c1-8-9(7-15-16(8)2)6-14-10-3-4-13-11(12)5-10/h3-5,7H,6H2,1-2H3,(H,13,14). The molecule has 84 valence electrons. The summed E-state index contributed by atoms with van der Waals surface area (Å²) in [5, 5.41) is 7.26. The van der Waals surface area contributed by atoms with Gasteiger partial charge in [-0.3, -0.25) is 4.68 Å². The molecule has 0 fully saturated rings. The maximum Gasteiger partial charge on any atom is 0.214 e. The van der Waals surface area contributed by atoms with E-state index in [1.807, 2.05) is 18.7 Å². The molecule has 0 aromatic carbocycles. The molecule has 0 aliphatic rings. The monoisotopic (exact) mass is 220 g/mol. The molecule has 16 heavy (non-hydrogen) atoms. The van der Waals surface area contributed by atoms with E-state index in [0.717, 1.165) is 16.9 Å². The summed E-state index contributed by atoms with van der Waals surface area (Å²) >= 11 is 0. The average Bonchev–Trinajstić information content (AvgIpc) is 2.57. The van der Waals surface area contributed by atoms with Crippen molar-refractivity contribution in [2.24, 2.45) is 7.05 Å². The Labute approximate surface area is 93.1 Å². The summed E-state index contributed by atoms with van der Waals surface area (Å²) in [6.07, 6.45) is 3.24. The highest BCUT2D eigenvalue weighted by atomic mass is 19.1. The van der Waals surface area contributed by atoms with Crippen LogP contribution < -0.4 is 5.32 Å². The second kappa shape index (κ2) is 4.30. The Morgan fingerprint density at radius 3 is 2.94 bits per heavy atom. The molecule has 2 rings (SSSR count). The lowest BCUT2D eigenvalue weighted by Gasteiger charge is -2.05. The van der Waals surface area contributed by atoms with E-state index in [-0.39, 0.29) is 0 Å². The molecule has 2 aromatic rings. The summed E-state index contributed by atoms with van der Waals surface area (Å²) in [7, 11) is 1.89. The minimum absolute atomic E-state index is 0.479. The molecule has 0 aliphatic heterocycles. The van der Waals surface area contributed by atoms with Crippen molar-refractivity contribution in [3.8, 4) is 0 Å². The lowest BCUT2D eigenvalue weighted by Crippen LogP contribution is -2.02. The lowest BCUT2D eigenvalue weighted by molar-refractivity contribution is 0.584. The van der Waals surface area contributed by atoms with E-state index in [0.29, 0.717) is 6.54 Å². The summed E-state index contributed by atoms with van der Waals surface area (Å²) in [5.41, 5.74) is 2.91. The molecule has 0 radical (unpaired) electrons. The fourth-order valence-electron chi connectivity index (χ4n) is 1.43. The van der Waals surface area contributed by atoms with Crippen molar-refractivity contribution in [3.63, 3.8) is 0 Å². The highest BCUT2D eigenvalue weighted by Gasteiger charge is 2.03. The minimum atomic E-state index is -0.479. The summed E-state index contributed by atoms with van der Waals surface area (Å²) in [6.45, 7) is 2.63. The van der Waals surface area contributed by atoms with Gasteiger partial charge in [-0.2, -0.15) is 9.49 Å². The largest absolute Gasteiger partial charge is 0.381 e. The van der Waals surface area contributed by atoms with Crippen LogP contribution in [0.4, 0.5) is 10.1 Å². The number of rotatable bonds is 3. The third-order valence-corrected chi connectivity index (χ3v) is 2.55. The summed E-state index contributed by atoms with van der Waals surface area (Å²) < 4.78 is 14.6. The Kier molecular flexibility index (Phi) is 2.85. The molecule has 2 aromatic heterocycles. The van der Waals surface area contributed by atoms with Crippen molar-refractivity contribution in [2.45, 2.75) is 13.5 Å². The van der Waals surface area contributed by atoms with Crippen LogP contribution in [0, 0.1) is 12.9 Å². The van der Waals surface area contributed by atoms with Gasteiger partial charge in [0.25, 0.3) is 0 Å². The predicted molar refractivity (Wildman–Crippen MR) is 59.5 cm³/mol. The number of pyridine rings is 1. The molecule has 0 saturated carbocycles. The first kappa shape index (κ1) is 10.6. The van der Waals surface area contributed by atoms with E-state index in [1.54, 1.807) is 12.3 Å². The zero-order chi connectivity index (χ0) is 11.5. The Morgan fingerprint density at radius 1 is 1.50 bits per heavy atom. The van der Waals surface area contributed by atoms with E-state index in [1.165, 1.54) is 12.3 Å². The van der Waals surface area contributed by atoms with Gasteiger partial charge in [0.05, 0.1) is 6.20 Å². The van der Waals surface area contributed by atoms with Gasteiger partial charge >= 0.3 is 0 Å². The topological polar surface area (TPSA) is 42.7 Å². The Bertz CT molecular complexity index is 492. The summed E-state index contributed by atoms with van der Waals surface area (Å²) in [4.78, 5) is 3.49. The molecule has 0 unspecified atom stereocenters. The zero-order valence-electron chi connectivity index (χ0n) is 9.24. The third kappa shape index (κ3) is 2.18. The SMILES string of the molecule is Cc1c(CNc2ccnc(F)c2)cnn1C. The van der Waals surface area contributed by atoms with Gasteiger partial charge in [-0.1, -0.05) is 0 Å². The van der Waals surface area contributed by atoms with E-state index in [2.05, 4.69) is 15.4 Å². The van der Waals surface area contributed by atoms with E-state index < -0.39 is 5.95 Å². The minimum Gasteiger partial charge on any atom is -0.381 e. The van der Waals surface area contributed by atoms with Crippen molar-refractivity contribution in [2.75, 3.05) is 5.32 Å². The number of halogens is 1. The summed E-state index contributed by atoms with van der Waals surface area (Å²) in [6, 6.07) is 3.10. The first-order valence-electron chi connectivity index (χ1n) is 4.99. The molecular formula is C11H13FN4. The first-order chi connectivity index (χ1) is 7.66. The number of nitrogens with one attached hydrogen (secondary N) is 1. The second-order valence-electron chi connectivity index (χ2n) is 3.60. The molecule has 0 saturated heterocycles. The van der Waals surface area contributed by atoms with Gasteiger partial charge in [-0.25, -0.2) is 4.98 Å². The molecule has 0 aliphatic carbocycles. The molecule has 5 heteroatoms. The fourth-order valence-corrected chi connectivity index (χ4v) is 1.43. The Balaban J connectivity index is 2.05. The van der Waals surface area contributed by atoms with Gasteiger partial charge in [0.2, 0.25) is 5.95 Å². The Hall–Kier alpha value is -1.91. The van der Waals surface area contributed by atoms with E-state index in [4.69, 9.17) is 0 Å². The molecule has 1 N–H and O–H groups in total. The van der Waals surface area contributed by atoms with Crippen molar-refractivity contribution >= 4 is 5.69 Å². The number of hydrogen-bond acceptors (Lipinski definition) is 3. The van der Waals surface area contributed by atoms with Crippen LogP contribution in [0.3, 0.4) is 0 Å². The number of nitrogens with zero attached hydrogens (tertiary/aromatic N) is 3. The van der Waals surface area contributed by atoms with Crippen LogP contribution in [0.5, 0.6) is 0 Å². The van der Waals surface area contributed by atoms with Gasteiger partial charge < -0.3 is 5.32 Å². The quantitative estimate of drug-likeness (QED) is 0.803. The van der Waals surface area contributed by atoms with Crippen LogP contribution in [0.2, 0.25) is 0 Å². The van der Waals surface area contributed by atoms with Crippen molar-refractivity contribution in [3.05, 3.63) is 41.7 Å². The zero-order valence-corrected chi connectivity index (χ0v) is 9.24. The van der Waals surface area contributed by atoms with Crippen LogP contribution in [0.15, 0.2) is 24.5 Å². The van der Waals surface area contributed by atoms with E-state index >= 15 is 0 Å². The van der Waals surface area contributed by atoms with Gasteiger partial charge in [-0.15, -0.1) is 0 Å². The summed E-state index contributed by atoms with van der Waals surface area (Å²) in [5.74, 6) is -0.479. The average molecular weight is 220 g/mol. The molecule has 2 heterocycles. The van der Waals surface area contributed by atoms with Crippen LogP contribution >= 0.6 is 0 Å². The molecule has 0 amide bonds. The number of anilines is 1. The second-order valence-corrected chi connectivity index (χ2v) is 3.60. The molecule has 0 atom stereocenters. The fraction of sp³-hybridized carbons (Fsp3) is 0.273. The van der Waals surface area contributed by atoms with Crippen molar-refractivity contribution in [1.29, 1.82) is 0 Å². The van der Waals surface area contributed by atoms with Crippen molar-refractivity contribution in [1.82, 2.24) is 14.8 Å². The number of hydrogen-bond donors (Lipinski definition) is 1. The maximum atomic E-state index is 12.8. The number of aryl methyl sites for hydroxylation is 1.